The normalized spacial score (nSPS) is 10.3. The highest BCUT2D eigenvalue weighted by Gasteiger charge is 2.01. The second-order valence-corrected chi connectivity index (χ2v) is 4.39. The van der Waals surface area contributed by atoms with Gasteiger partial charge in [-0.3, -0.25) is 0 Å². The van der Waals surface area contributed by atoms with Gasteiger partial charge in [0.15, 0.2) is 5.16 Å². The van der Waals surface area contributed by atoms with Crippen molar-refractivity contribution in [1.82, 2.24) is 9.97 Å². The van der Waals surface area contributed by atoms with Crippen molar-refractivity contribution >= 4 is 11.8 Å². The van der Waals surface area contributed by atoms with Crippen LogP contribution >= 0.6 is 11.8 Å². The fourth-order valence-corrected chi connectivity index (χ4v) is 2.22. The lowest BCUT2D eigenvalue weighted by atomic mass is 10.4. The summed E-state index contributed by atoms with van der Waals surface area (Å²) in [6.07, 6.45) is 0. The number of aromatic nitrogens is 2. The number of hydrogen-bond donors (Lipinski definition) is 0. The highest BCUT2D eigenvalue weighted by molar-refractivity contribution is 7.99. The minimum Gasteiger partial charge on any atom is -0.228 e. The van der Waals surface area contributed by atoms with Crippen LogP contribution < -0.4 is 0 Å². The van der Waals surface area contributed by atoms with Gasteiger partial charge in [0.25, 0.3) is 0 Å². The lowest BCUT2D eigenvalue weighted by Gasteiger charge is -2.02. The first-order chi connectivity index (χ1) is 7.24. The van der Waals surface area contributed by atoms with Crippen LogP contribution in [0.2, 0.25) is 0 Å². The van der Waals surface area contributed by atoms with Gasteiger partial charge in [-0.2, -0.15) is 0 Å². The zero-order chi connectivity index (χ0) is 10.7. The van der Waals surface area contributed by atoms with E-state index in [1.54, 1.807) is 11.8 Å². The summed E-state index contributed by atoms with van der Waals surface area (Å²) in [5.74, 6) is 0. The molecule has 0 aliphatic heterocycles. The molecule has 0 fully saturated rings. The predicted molar refractivity (Wildman–Crippen MR) is 62.1 cm³/mol. The molecule has 2 nitrogen and oxygen atoms in total. The van der Waals surface area contributed by atoms with Crippen molar-refractivity contribution in [3.63, 3.8) is 0 Å². The third-order valence-electron chi connectivity index (χ3n) is 1.91. The molecule has 0 atom stereocenters. The van der Waals surface area contributed by atoms with Gasteiger partial charge in [-0.05, 0) is 43.8 Å². The van der Waals surface area contributed by atoms with Crippen LogP contribution in [0.15, 0.2) is 46.5 Å². The van der Waals surface area contributed by atoms with E-state index in [-0.39, 0.29) is 0 Å². The Morgan fingerprint density at radius 3 is 2.13 bits per heavy atom. The van der Waals surface area contributed by atoms with Gasteiger partial charge < -0.3 is 0 Å². The molecule has 2 rings (SSSR count). The van der Waals surface area contributed by atoms with Crippen LogP contribution in [0, 0.1) is 13.8 Å². The van der Waals surface area contributed by atoms with Crippen LogP contribution in [-0.2, 0) is 0 Å². The van der Waals surface area contributed by atoms with Crippen molar-refractivity contribution in [2.75, 3.05) is 0 Å². The second-order valence-electron chi connectivity index (χ2n) is 3.35. The van der Waals surface area contributed by atoms with Crippen molar-refractivity contribution in [2.24, 2.45) is 0 Å². The molecule has 0 N–H and O–H groups in total. The van der Waals surface area contributed by atoms with E-state index >= 15 is 0 Å². The average Bonchev–Trinajstić information content (AvgIpc) is 2.17. The van der Waals surface area contributed by atoms with Gasteiger partial charge in [0.05, 0.1) is 0 Å². The second kappa shape index (κ2) is 4.45. The third kappa shape index (κ3) is 2.80. The molecule has 0 unspecified atom stereocenters. The maximum Gasteiger partial charge on any atom is 0.192 e. The first kappa shape index (κ1) is 10.2. The molecule has 0 saturated heterocycles. The summed E-state index contributed by atoms with van der Waals surface area (Å²) in [6.45, 7) is 3.98. The van der Waals surface area contributed by atoms with Crippen molar-refractivity contribution in [1.29, 1.82) is 0 Å². The lowest BCUT2D eigenvalue weighted by molar-refractivity contribution is 0.902. The van der Waals surface area contributed by atoms with E-state index in [0.717, 1.165) is 16.5 Å². The molecule has 3 heteroatoms. The molecule has 0 radical (unpaired) electrons. The van der Waals surface area contributed by atoms with Gasteiger partial charge in [0, 0.05) is 16.3 Å². The van der Waals surface area contributed by atoms with Crippen LogP contribution in [0.5, 0.6) is 0 Å². The lowest BCUT2D eigenvalue weighted by Crippen LogP contribution is -1.92. The topological polar surface area (TPSA) is 25.8 Å². The van der Waals surface area contributed by atoms with E-state index in [1.807, 2.05) is 38.1 Å². The van der Waals surface area contributed by atoms with E-state index in [0.29, 0.717) is 0 Å². The molecule has 0 amide bonds. The van der Waals surface area contributed by atoms with Crippen molar-refractivity contribution in [3.05, 3.63) is 47.8 Å². The Morgan fingerprint density at radius 2 is 1.53 bits per heavy atom. The average molecular weight is 216 g/mol. The quantitative estimate of drug-likeness (QED) is 0.721. The van der Waals surface area contributed by atoms with Crippen LogP contribution in [0.3, 0.4) is 0 Å². The van der Waals surface area contributed by atoms with Gasteiger partial charge in [-0.15, -0.1) is 0 Å². The van der Waals surface area contributed by atoms with Crippen LogP contribution in [0.4, 0.5) is 0 Å². The molecule has 0 bridgehead atoms. The summed E-state index contributed by atoms with van der Waals surface area (Å²) in [4.78, 5) is 9.93. The zero-order valence-corrected chi connectivity index (χ0v) is 9.58. The van der Waals surface area contributed by atoms with E-state index in [1.165, 1.54) is 4.90 Å². The number of hydrogen-bond acceptors (Lipinski definition) is 3. The first-order valence-corrected chi connectivity index (χ1v) is 5.61. The van der Waals surface area contributed by atoms with Crippen molar-refractivity contribution < 1.29 is 0 Å². The molecular weight excluding hydrogens is 204 g/mol. The Labute approximate surface area is 93.8 Å². The summed E-state index contributed by atoms with van der Waals surface area (Å²) < 4.78 is 0. The Kier molecular flexibility index (Phi) is 3.02. The minimum absolute atomic E-state index is 0.818. The fraction of sp³-hybridized carbons (Fsp3) is 0.167. The van der Waals surface area contributed by atoms with Crippen LogP contribution in [-0.4, -0.2) is 9.97 Å². The molecule has 0 saturated carbocycles. The zero-order valence-electron chi connectivity index (χ0n) is 8.77. The molecular formula is C12H12N2S. The maximum atomic E-state index is 4.38. The standard InChI is InChI=1S/C12H12N2S/c1-9-8-10(2)14-12(13-9)15-11-6-4-3-5-7-11/h3-8H,1-2H3. The SMILES string of the molecule is Cc1cc(C)nc(Sc2ccccc2)n1. The smallest absolute Gasteiger partial charge is 0.192 e. The van der Waals surface area contributed by atoms with Crippen molar-refractivity contribution in [3.8, 4) is 0 Å². The molecule has 76 valence electrons. The van der Waals surface area contributed by atoms with Gasteiger partial charge in [0.2, 0.25) is 0 Å². The molecule has 15 heavy (non-hydrogen) atoms. The van der Waals surface area contributed by atoms with E-state index in [9.17, 15) is 0 Å². The third-order valence-corrected chi connectivity index (χ3v) is 2.79. The Hall–Kier alpha value is -1.35. The number of benzene rings is 1. The highest BCUT2D eigenvalue weighted by Crippen LogP contribution is 2.24. The molecule has 0 spiro atoms. The largest absolute Gasteiger partial charge is 0.228 e. The molecule has 1 heterocycles. The summed E-state index contributed by atoms with van der Waals surface area (Å²) in [7, 11) is 0. The highest BCUT2D eigenvalue weighted by atomic mass is 32.2. The van der Waals surface area contributed by atoms with Gasteiger partial charge in [0.1, 0.15) is 0 Å². The summed E-state index contributed by atoms with van der Waals surface area (Å²) >= 11 is 1.59. The van der Waals surface area contributed by atoms with Gasteiger partial charge in [-0.25, -0.2) is 9.97 Å². The number of nitrogens with zero attached hydrogens (tertiary/aromatic N) is 2. The molecule has 1 aromatic carbocycles. The molecule has 1 aromatic heterocycles. The fourth-order valence-electron chi connectivity index (χ4n) is 1.33. The van der Waals surface area contributed by atoms with E-state index < -0.39 is 0 Å². The van der Waals surface area contributed by atoms with Crippen molar-refractivity contribution in [2.45, 2.75) is 23.9 Å². The first-order valence-electron chi connectivity index (χ1n) is 4.79. The Bertz CT molecular complexity index is 434. The maximum absolute atomic E-state index is 4.38. The molecule has 0 aliphatic rings. The Balaban J connectivity index is 2.25. The number of aryl methyl sites for hydroxylation is 2. The molecule has 0 aliphatic carbocycles. The van der Waals surface area contributed by atoms with Crippen LogP contribution in [0.1, 0.15) is 11.4 Å². The van der Waals surface area contributed by atoms with E-state index in [2.05, 4.69) is 22.1 Å². The van der Waals surface area contributed by atoms with Gasteiger partial charge >= 0.3 is 0 Å². The predicted octanol–water partition coefficient (Wildman–Crippen LogP) is 3.24. The summed E-state index contributed by atoms with van der Waals surface area (Å²) in [6, 6.07) is 12.1. The Morgan fingerprint density at radius 1 is 0.933 bits per heavy atom. The minimum atomic E-state index is 0.818. The monoisotopic (exact) mass is 216 g/mol. The van der Waals surface area contributed by atoms with Crippen LogP contribution in [0.25, 0.3) is 0 Å². The van der Waals surface area contributed by atoms with Gasteiger partial charge in [-0.1, -0.05) is 18.2 Å². The van der Waals surface area contributed by atoms with E-state index in [4.69, 9.17) is 0 Å². The molecule has 2 aromatic rings. The number of rotatable bonds is 2. The summed E-state index contributed by atoms with van der Waals surface area (Å²) in [5.41, 5.74) is 2.03. The summed E-state index contributed by atoms with van der Waals surface area (Å²) in [5, 5.41) is 0.818.